The van der Waals surface area contributed by atoms with Gasteiger partial charge in [0.05, 0.1) is 0 Å². The molecule has 0 aromatic heterocycles. The summed E-state index contributed by atoms with van der Waals surface area (Å²) in [6.07, 6.45) is 75.6. The Labute approximate surface area is 382 Å². The molecule has 0 aliphatic carbocycles. The summed E-state index contributed by atoms with van der Waals surface area (Å²) in [5.74, 6) is -1.14. The molecule has 0 radical (unpaired) electrons. The fourth-order valence-corrected chi connectivity index (χ4v) is 5.11. The van der Waals surface area contributed by atoms with Crippen LogP contribution in [0.1, 0.15) is 124 Å². The zero-order valence-electron chi connectivity index (χ0n) is 38.7. The van der Waals surface area contributed by atoms with Gasteiger partial charge in [0.25, 0.3) is 0 Å². The first-order valence-electron chi connectivity index (χ1n) is 23.2. The first-order chi connectivity index (χ1) is 31.0. The van der Waals surface area contributed by atoms with Gasteiger partial charge in [-0.25, -0.2) is 0 Å². The molecule has 6 nitrogen and oxygen atoms in total. The summed E-state index contributed by atoms with van der Waals surface area (Å²) >= 11 is 0. The van der Waals surface area contributed by atoms with Gasteiger partial charge in [0.2, 0.25) is 0 Å². The lowest BCUT2D eigenvalue weighted by atomic mass is 10.1. The number of ether oxygens (including phenoxy) is 3. The Morgan fingerprint density at radius 3 is 0.905 bits per heavy atom. The zero-order valence-corrected chi connectivity index (χ0v) is 38.7. The highest BCUT2D eigenvalue weighted by Gasteiger charge is 2.19. The summed E-state index contributed by atoms with van der Waals surface area (Å²) in [7, 11) is 0. The highest BCUT2D eigenvalue weighted by Crippen LogP contribution is 2.09. The molecule has 0 saturated carbocycles. The molecule has 1 atom stereocenters. The number of unbranched alkanes of at least 4 members (excludes halogenated alkanes) is 7. The summed E-state index contributed by atoms with van der Waals surface area (Å²) in [4.78, 5) is 37.8. The van der Waals surface area contributed by atoms with Crippen molar-refractivity contribution in [1.29, 1.82) is 0 Å². The molecule has 0 aliphatic heterocycles. The fourth-order valence-electron chi connectivity index (χ4n) is 5.11. The minimum Gasteiger partial charge on any atom is -0.462 e. The predicted octanol–water partition coefficient (Wildman–Crippen LogP) is 15.2. The Balaban J connectivity index is 4.71. The molecule has 0 rings (SSSR count). The van der Waals surface area contributed by atoms with Crippen molar-refractivity contribution in [3.63, 3.8) is 0 Å². The van der Waals surface area contributed by atoms with E-state index in [0.717, 1.165) is 57.8 Å². The highest BCUT2D eigenvalue weighted by molar-refractivity contribution is 5.71. The van der Waals surface area contributed by atoms with Crippen molar-refractivity contribution in [1.82, 2.24) is 0 Å². The van der Waals surface area contributed by atoms with Crippen LogP contribution in [0, 0.1) is 0 Å². The molecule has 1 unspecified atom stereocenters. The monoisotopic (exact) mass is 859 g/mol. The Hall–Kier alpha value is -5.75. The molecule has 63 heavy (non-hydrogen) atoms. The molecule has 0 aliphatic rings. The van der Waals surface area contributed by atoms with Crippen molar-refractivity contribution >= 4 is 17.9 Å². The zero-order chi connectivity index (χ0) is 45.8. The Morgan fingerprint density at radius 1 is 0.317 bits per heavy atom. The van der Waals surface area contributed by atoms with Crippen LogP contribution < -0.4 is 0 Å². The van der Waals surface area contributed by atoms with Gasteiger partial charge < -0.3 is 14.2 Å². The molecule has 0 heterocycles. The third-order valence-electron chi connectivity index (χ3n) is 8.49. The minimum absolute atomic E-state index is 0.155. The first kappa shape index (κ1) is 57.2. The number of carbonyl (C=O) groups excluding carboxylic acids is 3. The SMILES string of the molecule is CC\C=C/C=C\C=C/C=C\C=C/CCCC(=O)OC(COC(=O)CCCCC\C=C/C=C\C=C/C=C\CC)COC(=O)CCCCC\C=C/C=C\C=C\C=C/C=C\C=C/C=C\CC. The Bertz CT molecular complexity index is 1640. The van der Waals surface area contributed by atoms with Crippen molar-refractivity contribution in [2.24, 2.45) is 0 Å². The van der Waals surface area contributed by atoms with Crippen LogP contribution in [0.2, 0.25) is 0 Å². The molecule has 0 aromatic carbocycles. The molecule has 0 fully saturated rings. The average Bonchev–Trinajstić information content (AvgIpc) is 3.28. The molecular formula is C57H78O6. The average molecular weight is 859 g/mol. The van der Waals surface area contributed by atoms with Gasteiger partial charge in [-0.3, -0.25) is 14.4 Å². The maximum absolute atomic E-state index is 12.7. The Morgan fingerprint density at radius 2 is 0.587 bits per heavy atom. The highest BCUT2D eigenvalue weighted by atomic mass is 16.6. The van der Waals surface area contributed by atoms with E-state index in [1.54, 1.807) is 0 Å². The van der Waals surface area contributed by atoms with Gasteiger partial charge in [-0.1, -0.05) is 228 Å². The van der Waals surface area contributed by atoms with Crippen molar-refractivity contribution in [3.8, 4) is 0 Å². The van der Waals surface area contributed by atoms with Gasteiger partial charge in [0.1, 0.15) is 13.2 Å². The summed E-state index contributed by atoms with van der Waals surface area (Å²) in [5.41, 5.74) is 0. The van der Waals surface area contributed by atoms with E-state index >= 15 is 0 Å². The lowest BCUT2D eigenvalue weighted by molar-refractivity contribution is -0.167. The standard InChI is InChI=1S/C57H78O6/c1-4-7-10-13-16-19-22-25-26-27-28-29-30-33-35-38-41-44-47-50-56(59)62-53-54(63-57(60)51-48-45-42-39-36-32-24-21-18-15-12-9-6-3)52-61-55(58)49-46-43-40-37-34-31-23-20-17-14-11-8-5-2/h7-36,39,42,54H,4-6,37-38,40-41,43-53H2,1-3H3/b10-7-,11-8-,12-9-,16-13-,17-14-,18-15-,22-19-,23-20-,24-21-,26-25-,28-27+,30-29-,34-31-,35-33-,36-32-,42-39-. The number of esters is 3. The van der Waals surface area contributed by atoms with Gasteiger partial charge in [-0.2, -0.15) is 0 Å². The summed E-state index contributed by atoms with van der Waals surface area (Å²) in [6, 6.07) is 0. The third-order valence-corrected chi connectivity index (χ3v) is 8.49. The van der Waals surface area contributed by atoms with Gasteiger partial charge in [0, 0.05) is 19.3 Å². The molecule has 0 amide bonds. The van der Waals surface area contributed by atoms with Crippen molar-refractivity contribution < 1.29 is 28.6 Å². The maximum Gasteiger partial charge on any atom is 0.306 e. The molecule has 342 valence electrons. The lowest BCUT2D eigenvalue weighted by Crippen LogP contribution is -2.30. The summed E-state index contributed by atoms with van der Waals surface area (Å²) < 4.78 is 16.6. The van der Waals surface area contributed by atoms with Crippen molar-refractivity contribution in [3.05, 3.63) is 194 Å². The van der Waals surface area contributed by atoms with Crippen molar-refractivity contribution in [2.75, 3.05) is 13.2 Å². The summed E-state index contributed by atoms with van der Waals surface area (Å²) in [6.45, 7) is 6.01. The van der Waals surface area contributed by atoms with E-state index in [4.69, 9.17) is 14.2 Å². The van der Waals surface area contributed by atoms with Gasteiger partial charge in [-0.05, 0) is 70.6 Å². The van der Waals surface area contributed by atoms with Crippen LogP contribution in [-0.2, 0) is 28.6 Å². The molecule has 0 bridgehead atoms. The number of hydrogen-bond donors (Lipinski definition) is 0. The van der Waals surface area contributed by atoms with Crippen LogP contribution >= 0.6 is 0 Å². The number of allylic oxidation sites excluding steroid dienone is 32. The van der Waals surface area contributed by atoms with Gasteiger partial charge in [-0.15, -0.1) is 0 Å². The number of rotatable bonds is 37. The first-order valence-corrected chi connectivity index (χ1v) is 23.2. The number of carbonyl (C=O) groups is 3. The topological polar surface area (TPSA) is 78.9 Å². The van der Waals surface area contributed by atoms with E-state index in [1.165, 1.54) is 0 Å². The normalized spacial score (nSPS) is 13.9. The van der Waals surface area contributed by atoms with Crippen molar-refractivity contribution in [2.45, 2.75) is 130 Å². The van der Waals surface area contributed by atoms with E-state index in [9.17, 15) is 14.4 Å². The van der Waals surface area contributed by atoms with Crippen LogP contribution in [0.4, 0.5) is 0 Å². The molecular weight excluding hydrogens is 781 g/mol. The second kappa shape index (κ2) is 48.9. The van der Waals surface area contributed by atoms with Crippen LogP contribution in [0.5, 0.6) is 0 Å². The molecule has 0 N–H and O–H groups in total. The summed E-state index contributed by atoms with van der Waals surface area (Å²) in [5, 5.41) is 0. The van der Waals surface area contributed by atoms with E-state index in [0.29, 0.717) is 25.7 Å². The van der Waals surface area contributed by atoms with E-state index in [1.807, 2.05) is 164 Å². The van der Waals surface area contributed by atoms with Crippen LogP contribution in [0.15, 0.2) is 194 Å². The minimum atomic E-state index is -0.862. The largest absolute Gasteiger partial charge is 0.462 e. The van der Waals surface area contributed by atoms with E-state index < -0.39 is 12.1 Å². The fraction of sp³-hybridized carbons (Fsp3) is 0.386. The maximum atomic E-state index is 12.7. The van der Waals surface area contributed by atoms with E-state index in [-0.39, 0.29) is 44.4 Å². The lowest BCUT2D eigenvalue weighted by Gasteiger charge is -2.18. The second-order valence-electron chi connectivity index (χ2n) is 14.2. The number of hydrogen-bond acceptors (Lipinski definition) is 6. The molecule has 6 heteroatoms. The molecule has 0 aromatic rings. The quantitative estimate of drug-likeness (QED) is 0.0268. The molecule has 0 spiro atoms. The predicted molar refractivity (Wildman–Crippen MR) is 269 cm³/mol. The van der Waals surface area contributed by atoms with Crippen LogP contribution in [0.25, 0.3) is 0 Å². The second-order valence-corrected chi connectivity index (χ2v) is 14.2. The smallest absolute Gasteiger partial charge is 0.306 e. The van der Waals surface area contributed by atoms with Crippen LogP contribution in [0.3, 0.4) is 0 Å². The third kappa shape index (κ3) is 47.2. The Kier molecular flexibility index (Phi) is 44.4. The molecule has 0 saturated heterocycles. The van der Waals surface area contributed by atoms with Gasteiger partial charge >= 0.3 is 17.9 Å². The van der Waals surface area contributed by atoms with E-state index in [2.05, 4.69) is 51.2 Å². The van der Waals surface area contributed by atoms with Crippen LogP contribution in [-0.4, -0.2) is 37.2 Å². The van der Waals surface area contributed by atoms with Gasteiger partial charge in [0.15, 0.2) is 6.10 Å².